The third-order valence-electron chi connectivity index (χ3n) is 2.97. The predicted molar refractivity (Wildman–Crippen MR) is 67.7 cm³/mol. The average molecular weight is 287 g/mol. The number of rotatable bonds is 1. The lowest BCUT2D eigenvalue weighted by atomic mass is 9.81. The van der Waals surface area contributed by atoms with Gasteiger partial charge in [-0.2, -0.15) is 0 Å². The van der Waals surface area contributed by atoms with Crippen LogP contribution >= 0.6 is 17.0 Å². The van der Waals surface area contributed by atoms with Crippen LogP contribution in [-0.4, -0.2) is 16.0 Å². The minimum Gasteiger partial charge on any atom is -0.504 e. The van der Waals surface area contributed by atoms with Gasteiger partial charge in [-0.25, -0.2) is 0 Å². The Morgan fingerprint density at radius 3 is 2.69 bits per heavy atom. The van der Waals surface area contributed by atoms with E-state index in [0.717, 1.165) is 30.4 Å². The van der Waals surface area contributed by atoms with Crippen LogP contribution in [0.15, 0.2) is 12.1 Å². The van der Waals surface area contributed by atoms with Crippen LogP contribution < -0.4 is 5.73 Å². The second kappa shape index (κ2) is 4.74. The molecule has 4 nitrogen and oxygen atoms in total. The van der Waals surface area contributed by atoms with Gasteiger partial charge in [0, 0.05) is 11.5 Å². The zero-order valence-electron chi connectivity index (χ0n) is 8.73. The molecule has 1 atom stereocenters. The average Bonchev–Trinajstić information content (AvgIpc) is 2.23. The summed E-state index contributed by atoms with van der Waals surface area (Å²) in [5, 5.41) is 26.5. The Kier molecular flexibility index (Phi) is 3.80. The molecule has 0 bridgehead atoms. The van der Waals surface area contributed by atoms with Gasteiger partial charge in [-0.15, -0.1) is 17.0 Å². The van der Waals surface area contributed by atoms with Gasteiger partial charge in [0.2, 0.25) is 0 Å². The fourth-order valence-corrected chi connectivity index (χ4v) is 2.19. The van der Waals surface area contributed by atoms with Crippen molar-refractivity contribution < 1.29 is 10.2 Å². The van der Waals surface area contributed by atoms with Crippen molar-refractivity contribution in [2.24, 2.45) is 5.73 Å². The number of nitrogens with one attached hydrogen (secondary N) is 1. The molecule has 5 N–H and O–H groups in total. The SMILES string of the molecule is Br.N=C(N)C1CCCc2c1ccc(O)c2O. The van der Waals surface area contributed by atoms with E-state index in [1.54, 1.807) is 6.07 Å². The Morgan fingerprint density at radius 2 is 2.06 bits per heavy atom. The normalized spacial score (nSPS) is 18.4. The molecule has 1 aromatic rings. The quantitative estimate of drug-likeness (QED) is 0.362. The first kappa shape index (κ1) is 12.8. The van der Waals surface area contributed by atoms with E-state index in [9.17, 15) is 10.2 Å². The van der Waals surface area contributed by atoms with Gasteiger partial charge in [0.05, 0.1) is 5.84 Å². The fraction of sp³-hybridized carbons (Fsp3) is 0.364. The van der Waals surface area contributed by atoms with Gasteiger partial charge in [-0.3, -0.25) is 5.41 Å². The first-order chi connectivity index (χ1) is 7.11. The highest BCUT2D eigenvalue weighted by Crippen LogP contribution is 2.40. The number of fused-ring (bicyclic) bond motifs is 1. The lowest BCUT2D eigenvalue weighted by Crippen LogP contribution is -2.24. The molecule has 2 rings (SSSR count). The molecular weight excluding hydrogens is 272 g/mol. The van der Waals surface area contributed by atoms with Crippen molar-refractivity contribution >= 4 is 22.8 Å². The Balaban J connectivity index is 0.00000128. The lowest BCUT2D eigenvalue weighted by molar-refractivity contribution is 0.395. The van der Waals surface area contributed by atoms with Crippen LogP contribution in [0.25, 0.3) is 0 Å². The molecule has 0 saturated carbocycles. The van der Waals surface area contributed by atoms with Crippen molar-refractivity contribution in [2.45, 2.75) is 25.2 Å². The van der Waals surface area contributed by atoms with Gasteiger partial charge < -0.3 is 15.9 Å². The fourth-order valence-electron chi connectivity index (χ4n) is 2.19. The summed E-state index contributed by atoms with van der Waals surface area (Å²) in [5.41, 5.74) is 7.13. The summed E-state index contributed by atoms with van der Waals surface area (Å²) >= 11 is 0. The van der Waals surface area contributed by atoms with Crippen LogP contribution in [0.3, 0.4) is 0 Å². The lowest BCUT2D eigenvalue weighted by Gasteiger charge is -2.25. The number of nitrogens with two attached hydrogens (primary N) is 1. The molecular formula is C11H15BrN2O2. The number of hydrogen-bond donors (Lipinski definition) is 4. The maximum Gasteiger partial charge on any atom is 0.160 e. The van der Waals surface area contributed by atoms with E-state index in [2.05, 4.69) is 0 Å². The first-order valence-electron chi connectivity index (χ1n) is 4.99. The molecule has 0 radical (unpaired) electrons. The van der Waals surface area contributed by atoms with Gasteiger partial charge >= 0.3 is 0 Å². The Morgan fingerprint density at radius 1 is 1.38 bits per heavy atom. The number of phenolic OH excluding ortho intramolecular Hbond substituents is 2. The minimum atomic E-state index is -0.111. The number of amidine groups is 1. The first-order valence-corrected chi connectivity index (χ1v) is 4.99. The van der Waals surface area contributed by atoms with Crippen molar-refractivity contribution in [1.82, 2.24) is 0 Å². The third kappa shape index (κ3) is 2.00. The van der Waals surface area contributed by atoms with Crippen LogP contribution in [-0.2, 0) is 6.42 Å². The predicted octanol–water partition coefficient (Wildman–Crippen LogP) is 2.03. The minimum absolute atomic E-state index is 0. The smallest absolute Gasteiger partial charge is 0.160 e. The summed E-state index contributed by atoms with van der Waals surface area (Å²) in [6.45, 7) is 0. The highest BCUT2D eigenvalue weighted by molar-refractivity contribution is 8.93. The van der Waals surface area contributed by atoms with Crippen LogP contribution in [0.2, 0.25) is 0 Å². The van der Waals surface area contributed by atoms with Gasteiger partial charge in [-0.1, -0.05) is 6.07 Å². The molecule has 1 aliphatic carbocycles. The number of phenols is 2. The van der Waals surface area contributed by atoms with Crippen molar-refractivity contribution in [1.29, 1.82) is 5.41 Å². The molecule has 5 heteroatoms. The molecule has 0 saturated heterocycles. The molecule has 0 heterocycles. The summed E-state index contributed by atoms with van der Waals surface area (Å²) in [7, 11) is 0. The molecule has 0 aliphatic heterocycles. The van der Waals surface area contributed by atoms with Gasteiger partial charge in [0.25, 0.3) is 0 Å². The van der Waals surface area contributed by atoms with Crippen molar-refractivity contribution in [3.63, 3.8) is 0 Å². The summed E-state index contributed by atoms with van der Waals surface area (Å²) in [4.78, 5) is 0. The second-order valence-electron chi connectivity index (χ2n) is 3.90. The number of halogens is 1. The molecule has 0 spiro atoms. The highest BCUT2D eigenvalue weighted by Gasteiger charge is 2.25. The molecule has 0 fully saturated rings. The van der Waals surface area contributed by atoms with Gasteiger partial charge in [0.1, 0.15) is 0 Å². The monoisotopic (exact) mass is 286 g/mol. The van der Waals surface area contributed by atoms with Crippen molar-refractivity contribution in [3.05, 3.63) is 23.3 Å². The molecule has 88 valence electrons. The van der Waals surface area contributed by atoms with Crippen LogP contribution in [0.4, 0.5) is 0 Å². The molecule has 1 unspecified atom stereocenters. The van der Waals surface area contributed by atoms with Gasteiger partial charge in [-0.05, 0) is 30.9 Å². The van der Waals surface area contributed by atoms with E-state index in [1.807, 2.05) is 0 Å². The highest BCUT2D eigenvalue weighted by atomic mass is 79.9. The summed E-state index contributed by atoms with van der Waals surface area (Å²) in [6.07, 6.45) is 2.46. The Hall–Kier alpha value is -1.23. The maximum atomic E-state index is 9.68. The van der Waals surface area contributed by atoms with Crippen LogP contribution in [0.5, 0.6) is 11.5 Å². The largest absolute Gasteiger partial charge is 0.504 e. The topological polar surface area (TPSA) is 90.3 Å². The summed E-state index contributed by atoms with van der Waals surface area (Å²) in [6, 6.07) is 3.20. The van der Waals surface area contributed by atoms with E-state index in [0.29, 0.717) is 0 Å². The second-order valence-corrected chi connectivity index (χ2v) is 3.90. The van der Waals surface area contributed by atoms with E-state index in [4.69, 9.17) is 11.1 Å². The van der Waals surface area contributed by atoms with Crippen molar-refractivity contribution in [3.8, 4) is 11.5 Å². The van der Waals surface area contributed by atoms with E-state index < -0.39 is 0 Å². The maximum absolute atomic E-state index is 9.68. The number of benzene rings is 1. The molecule has 1 aromatic carbocycles. The summed E-state index contributed by atoms with van der Waals surface area (Å²) in [5.74, 6) is -0.141. The Labute approximate surface area is 104 Å². The zero-order valence-corrected chi connectivity index (χ0v) is 10.4. The molecule has 0 aromatic heterocycles. The molecule has 16 heavy (non-hydrogen) atoms. The van der Waals surface area contributed by atoms with E-state index in [-0.39, 0.29) is 40.2 Å². The van der Waals surface area contributed by atoms with Gasteiger partial charge in [0.15, 0.2) is 11.5 Å². The number of hydrogen-bond acceptors (Lipinski definition) is 3. The van der Waals surface area contributed by atoms with Crippen LogP contribution in [0.1, 0.15) is 29.9 Å². The molecule has 1 aliphatic rings. The van der Waals surface area contributed by atoms with E-state index >= 15 is 0 Å². The Bertz CT molecular complexity index is 421. The zero-order chi connectivity index (χ0) is 11.0. The van der Waals surface area contributed by atoms with Crippen molar-refractivity contribution in [2.75, 3.05) is 0 Å². The summed E-state index contributed by atoms with van der Waals surface area (Å²) < 4.78 is 0. The third-order valence-corrected chi connectivity index (χ3v) is 2.97. The van der Waals surface area contributed by atoms with Crippen LogP contribution in [0, 0.1) is 5.41 Å². The number of aromatic hydroxyl groups is 2. The standard InChI is InChI=1S/C11H14N2O2.BrH/c12-11(13)8-3-1-2-7-6(8)4-5-9(14)10(7)15;/h4-5,8,14-15H,1-3H2,(H3,12,13);1H. The van der Waals surface area contributed by atoms with E-state index in [1.165, 1.54) is 6.07 Å². The molecule has 0 amide bonds.